The smallest absolute Gasteiger partial charge is 0.374 e. The molecule has 0 aliphatic heterocycles. The third-order valence-corrected chi connectivity index (χ3v) is 4.49. The third-order valence-electron chi connectivity index (χ3n) is 4.49. The van der Waals surface area contributed by atoms with Gasteiger partial charge in [-0.3, -0.25) is 0 Å². The van der Waals surface area contributed by atoms with Crippen LogP contribution in [0, 0.1) is 0 Å². The second-order valence-electron chi connectivity index (χ2n) is 6.04. The van der Waals surface area contributed by atoms with Crippen LogP contribution in [-0.4, -0.2) is 19.0 Å². The fraction of sp³-hybridized carbons (Fsp3) is 0.0435. The number of esters is 2. The van der Waals surface area contributed by atoms with Gasteiger partial charge in [-0.05, 0) is 34.4 Å². The Morgan fingerprint density at radius 1 is 0.667 bits per heavy atom. The molecule has 0 spiro atoms. The van der Waals surface area contributed by atoms with E-state index in [9.17, 15) is 9.59 Å². The van der Waals surface area contributed by atoms with E-state index in [0.717, 1.165) is 22.3 Å². The Morgan fingerprint density at radius 2 is 1.15 bits per heavy atom. The molecule has 0 heterocycles. The molecule has 0 N–H and O–H groups in total. The van der Waals surface area contributed by atoms with Crippen LogP contribution >= 0.6 is 0 Å². The van der Waals surface area contributed by atoms with Crippen LogP contribution in [0.15, 0.2) is 84.6 Å². The highest BCUT2D eigenvalue weighted by Crippen LogP contribution is 2.45. The molecule has 3 aromatic rings. The van der Waals surface area contributed by atoms with Crippen LogP contribution in [-0.2, 0) is 14.3 Å². The Balaban J connectivity index is 1.90. The Labute approximate surface area is 156 Å². The first-order valence-corrected chi connectivity index (χ1v) is 8.49. The third kappa shape index (κ3) is 2.91. The van der Waals surface area contributed by atoms with Gasteiger partial charge in [-0.2, -0.15) is 0 Å². The molecule has 0 saturated heterocycles. The second kappa shape index (κ2) is 6.92. The average molecular weight is 356 g/mol. The second-order valence-corrected chi connectivity index (χ2v) is 6.04. The molecule has 0 atom stereocenters. The maximum atomic E-state index is 12.6. The summed E-state index contributed by atoms with van der Waals surface area (Å²) in [5.41, 5.74) is 4.57. The minimum absolute atomic E-state index is 0.108. The number of rotatable bonds is 3. The summed E-state index contributed by atoms with van der Waals surface area (Å²) in [7, 11) is 1.27. The Kier molecular flexibility index (Phi) is 4.30. The van der Waals surface area contributed by atoms with E-state index < -0.39 is 11.9 Å². The van der Waals surface area contributed by atoms with Crippen LogP contribution in [0.4, 0.5) is 0 Å². The molecule has 132 valence electrons. The predicted molar refractivity (Wildman–Crippen MR) is 102 cm³/mol. The van der Waals surface area contributed by atoms with Crippen molar-refractivity contribution in [2.24, 2.45) is 0 Å². The van der Waals surface area contributed by atoms with Crippen molar-refractivity contribution in [1.29, 1.82) is 0 Å². The molecule has 4 heteroatoms. The van der Waals surface area contributed by atoms with Crippen LogP contribution in [0.5, 0.6) is 0 Å². The first-order valence-electron chi connectivity index (χ1n) is 8.49. The summed E-state index contributed by atoms with van der Waals surface area (Å²) in [6.45, 7) is 0. The van der Waals surface area contributed by atoms with Gasteiger partial charge in [0, 0.05) is 5.57 Å². The van der Waals surface area contributed by atoms with Gasteiger partial charge >= 0.3 is 11.9 Å². The van der Waals surface area contributed by atoms with Crippen molar-refractivity contribution in [3.63, 3.8) is 0 Å². The molecule has 27 heavy (non-hydrogen) atoms. The number of carbonyl (C=O) groups is 2. The highest BCUT2D eigenvalue weighted by molar-refractivity contribution is 6.10. The maximum Gasteiger partial charge on any atom is 0.374 e. The maximum absolute atomic E-state index is 12.6. The lowest BCUT2D eigenvalue weighted by atomic mass is 10.0. The van der Waals surface area contributed by atoms with E-state index in [2.05, 4.69) is 0 Å². The summed E-state index contributed by atoms with van der Waals surface area (Å²) in [6, 6.07) is 24.0. The van der Waals surface area contributed by atoms with Gasteiger partial charge in [0.05, 0.1) is 12.7 Å². The topological polar surface area (TPSA) is 52.6 Å². The molecule has 0 radical (unpaired) electrons. The molecule has 0 fully saturated rings. The lowest BCUT2D eigenvalue weighted by Crippen LogP contribution is -2.15. The fourth-order valence-corrected chi connectivity index (χ4v) is 3.27. The standard InChI is InChI=1S/C23H16O4/c1-26-23(25)21(27-22(24)15-9-3-2-4-10-15)20-18-13-7-5-11-16(18)17-12-6-8-14-19(17)20/h2-14H,1H3. The van der Waals surface area contributed by atoms with E-state index in [4.69, 9.17) is 9.47 Å². The van der Waals surface area contributed by atoms with Crippen LogP contribution in [0.3, 0.4) is 0 Å². The van der Waals surface area contributed by atoms with Gasteiger partial charge in [0.25, 0.3) is 0 Å². The first kappa shape index (κ1) is 16.8. The van der Waals surface area contributed by atoms with Gasteiger partial charge < -0.3 is 9.47 Å². The zero-order valence-corrected chi connectivity index (χ0v) is 14.6. The molecule has 0 aromatic heterocycles. The SMILES string of the molecule is COC(=O)C(OC(=O)c1ccccc1)=C1c2ccccc2-c2ccccc21. The summed E-state index contributed by atoms with van der Waals surface area (Å²) < 4.78 is 10.5. The molecule has 3 aromatic carbocycles. The Hall–Kier alpha value is -3.66. The number of benzene rings is 3. The van der Waals surface area contributed by atoms with Crippen molar-refractivity contribution < 1.29 is 19.1 Å². The minimum atomic E-state index is -0.694. The lowest BCUT2D eigenvalue weighted by Gasteiger charge is -2.12. The van der Waals surface area contributed by atoms with E-state index in [1.54, 1.807) is 30.3 Å². The zero-order chi connectivity index (χ0) is 18.8. The lowest BCUT2D eigenvalue weighted by molar-refractivity contribution is -0.139. The number of methoxy groups -OCH3 is 1. The Morgan fingerprint density at radius 3 is 1.67 bits per heavy atom. The number of carbonyl (C=O) groups excluding carboxylic acids is 2. The molecular weight excluding hydrogens is 340 g/mol. The van der Waals surface area contributed by atoms with Gasteiger partial charge in [-0.25, -0.2) is 9.59 Å². The van der Waals surface area contributed by atoms with Gasteiger partial charge in [-0.15, -0.1) is 0 Å². The van der Waals surface area contributed by atoms with E-state index in [1.807, 2.05) is 48.5 Å². The van der Waals surface area contributed by atoms with Crippen LogP contribution in [0.25, 0.3) is 16.7 Å². The van der Waals surface area contributed by atoms with E-state index >= 15 is 0 Å². The predicted octanol–water partition coefficient (Wildman–Crippen LogP) is 4.46. The van der Waals surface area contributed by atoms with E-state index in [-0.39, 0.29) is 5.76 Å². The van der Waals surface area contributed by atoms with Crippen LogP contribution in [0.1, 0.15) is 21.5 Å². The van der Waals surface area contributed by atoms with Crippen molar-refractivity contribution >= 4 is 17.5 Å². The molecule has 4 rings (SSSR count). The van der Waals surface area contributed by atoms with Gasteiger partial charge in [0.1, 0.15) is 0 Å². The Bertz CT molecular complexity index is 1020. The first-order chi connectivity index (χ1) is 13.2. The summed E-state index contributed by atoms with van der Waals surface area (Å²) in [5, 5.41) is 0. The molecule has 0 saturated carbocycles. The van der Waals surface area contributed by atoms with E-state index in [0.29, 0.717) is 11.1 Å². The average Bonchev–Trinajstić information content (AvgIpc) is 3.06. The fourth-order valence-electron chi connectivity index (χ4n) is 3.27. The van der Waals surface area contributed by atoms with Gasteiger partial charge in [0.2, 0.25) is 5.76 Å². The largest absolute Gasteiger partial charge is 0.463 e. The number of hydrogen-bond acceptors (Lipinski definition) is 4. The van der Waals surface area contributed by atoms with E-state index in [1.165, 1.54) is 7.11 Å². The van der Waals surface area contributed by atoms with Gasteiger partial charge in [-0.1, -0.05) is 66.7 Å². The van der Waals surface area contributed by atoms with Crippen LogP contribution < -0.4 is 0 Å². The highest BCUT2D eigenvalue weighted by atomic mass is 16.6. The van der Waals surface area contributed by atoms with Crippen molar-refractivity contribution in [2.45, 2.75) is 0 Å². The minimum Gasteiger partial charge on any atom is -0.463 e. The number of ether oxygens (including phenoxy) is 2. The van der Waals surface area contributed by atoms with Crippen molar-refractivity contribution in [2.75, 3.05) is 7.11 Å². The van der Waals surface area contributed by atoms with Crippen molar-refractivity contribution in [3.05, 3.63) is 101 Å². The molecule has 0 unspecified atom stereocenters. The monoisotopic (exact) mass is 356 g/mol. The highest BCUT2D eigenvalue weighted by Gasteiger charge is 2.31. The number of hydrogen-bond donors (Lipinski definition) is 0. The summed E-state index contributed by atoms with van der Waals surface area (Å²) in [5.74, 6) is -1.41. The van der Waals surface area contributed by atoms with Crippen molar-refractivity contribution in [1.82, 2.24) is 0 Å². The molecule has 0 amide bonds. The molecule has 4 nitrogen and oxygen atoms in total. The quantitative estimate of drug-likeness (QED) is 0.309. The molecule has 0 bridgehead atoms. The summed E-state index contributed by atoms with van der Waals surface area (Å²) in [4.78, 5) is 25.1. The molecular formula is C23H16O4. The van der Waals surface area contributed by atoms with Crippen LogP contribution in [0.2, 0.25) is 0 Å². The molecule has 1 aliphatic carbocycles. The van der Waals surface area contributed by atoms with Gasteiger partial charge in [0.15, 0.2) is 0 Å². The van der Waals surface area contributed by atoms with Crippen molar-refractivity contribution in [3.8, 4) is 11.1 Å². The summed E-state index contributed by atoms with van der Waals surface area (Å²) in [6.07, 6.45) is 0. The zero-order valence-electron chi connectivity index (χ0n) is 14.6. The molecule has 1 aliphatic rings. The number of fused-ring (bicyclic) bond motifs is 3. The summed E-state index contributed by atoms with van der Waals surface area (Å²) >= 11 is 0. The normalized spacial score (nSPS) is 11.4.